The molecule has 0 spiro atoms. The molecule has 1 saturated heterocycles. The Kier molecular flexibility index (Phi) is 5.68. The van der Waals surface area contributed by atoms with Gasteiger partial charge in [0.05, 0.1) is 5.92 Å². The number of rotatable bonds is 6. The van der Waals surface area contributed by atoms with E-state index < -0.39 is 0 Å². The minimum Gasteiger partial charge on any atom is -0.396 e. The summed E-state index contributed by atoms with van der Waals surface area (Å²) in [5.41, 5.74) is 0.443. The number of carbonyl (C=O) groups excluding carboxylic acids is 2. The van der Waals surface area contributed by atoms with E-state index in [0.29, 0.717) is 31.0 Å². The molecule has 1 aliphatic carbocycles. The molecule has 1 saturated carbocycles. The van der Waals surface area contributed by atoms with Crippen molar-refractivity contribution in [2.75, 3.05) is 19.7 Å². The number of nitrogens with one attached hydrogen (secondary N) is 1. The van der Waals surface area contributed by atoms with E-state index in [9.17, 15) is 14.0 Å². The van der Waals surface area contributed by atoms with Crippen molar-refractivity contribution in [3.63, 3.8) is 0 Å². The average Bonchev–Trinajstić information content (AvgIpc) is 3.46. The number of hydrogen-bond donors (Lipinski definition) is 2. The van der Waals surface area contributed by atoms with Crippen molar-refractivity contribution in [3.05, 3.63) is 35.6 Å². The van der Waals surface area contributed by atoms with Crippen LogP contribution in [0.15, 0.2) is 24.3 Å². The van der Waals surface area contributed by atoms with Gasteiger partial charge in [0.2, 0.25) is 5.91 Å². The summed E-state index contributed by atoms with van der Waals surface area (Å²) in [7, 11) is 0. The van der Waals surface area contributed by atoms with Crippen molar-refractivity contribution in [2.24, 2.45) is 11.8 Å². The second-order valence-electron chi connectivity index (χ2n) is 7.06. The lowest BCUT2D eigenvalue weighted by molar-refractivity contribution is -0.127. The largest absolute Gasteiger partial charge is 0.396 e. The highest BCUT2D eigenvalue weighted by Crippen LogP contribution is 2.34. The molecule has 3 rings (SSSR count). The van der Waals surface area contributed by atoms with Gasteiger partial charge in [0.15, 0.2) is 0 Å². The second-order valence-corrected chi connectivity index (χ2v) is 7.06. The lowest BCUT2D eigenvalue weighted by Gasteiger charge is -2.33. The summed E-state index contributed by atoms with van der Waals surface area (Å²) in [6.45, 7) is 1.07. The molecule has 0 radical (unpaired) electrons. The van der Waals surface area contributed by atoms with E-state index >= 15 is 0 Å². The number of benzene rings is 1. The minimum absolute atomic E-state index is 0.0260. The lowest BCUT2D eigenvalue weighted by atomic mass is 9.95. The van der Waals surface area contributed by atoms with Crippen molar-refractivity contribution >= 4 is 11.8 Å². The maximum Gasteiger partial charge on any atom is 0.253 e. The first kappa shape index (κ1) is 17.9. The molecule has 1 aromatic rings. The molecule has 0 aromatic heterocycles. The van der Waals surface area contributed by atoms with Crippen LogP contribution in [0.2, 0.25) is 0 Å². The molecule has 2 aliphatic rings. The molecule has 1 aliphatic heterocycles. The maximum atomic E-state index is 13.0. The average molecular weight is 348 g/mol. The topological polar surface area (TPSA) is 69.6 Å². The van der Waals surface area contributed by atoms with Crippen LogP contribution >= 0.6 is 0 Å². The van der Waals surface area contributed by atoms with E-state index in [1.165, 1.54) is 24.3 Å². The van der Waals surface area contributed by atoms with Crippen LogP contribution < -0.4 is 5.32 Å². The van der Waals surface area contributed by atoms with Gasteiger partial charge in [0, 0.05) is 31.3 Å². The lowest BCUT2D eigenvalue weighted by Crippen LogP contribution is -2.48. The Bertz CT molecular complexity index is 616. The third-order valence-corrected chi connectivity index (χ3v) is 5.13. The fraction of sp³-hybridized carbons (Fsp3) is 0.579. The normalized spacial score (nSPS) is 21.7. The summed E-state index contributed by atoms with van der Waals surface area (Å²) in [6.07, 6.45) is 4.32. The number of hydrogen-bond acceptors (Lipinski definition) is 3. The Morgan fingerprint density at radius 3 is 2.60 bits per heavy atom. The SMILES string of the molecule is O=C(NC(CCO)C1CC1)C1CCCN(C(=O)c2ccc(F)cc2)C1. The van der Waals surface area contributed by atoms with Gasteiger partial charge in [-0.25, -0.2) is 4.39 Å². The van der Waals surface area contributed by atoms with Crippen LogP contribution in [-0.4, -0.2) is 47.6 Å². The number of likely N-dealkylation sites (tertiary alicyclic amines) is 1. The summed E-state index contributed by atoms with van der Waals surface area (Å²) in [4.78, 5) is 26.8. The first-order chi connectivity index (χ1) is 12.1. The Hall–Kier alpha value is -1.95. The van der Waals surface area contributed by atoms with E-state index in [2.05, 4.69) is 5.32 Å². The van der Waals surface area contributed by atoms with Crippen LogP contribution in [-0.2, 0) is 4.79 Å². The second kappa shape index (κ2) is 7.95. The predicted molar refractivity (Wildman–Crippen MR) is 91.4 cm³/mol. The van der Waals surface area contributed by atoms with Crippen LogP contribution in [0, 0.1) is 17.7 Å². The number of nitrogens with zero attached hydrogens (tertiary/aromatic N) is 1. The van der Waals surface area contributed by atoms with Gasteiger partial charge in [-0.1, -0.05) is 0 Å². The molecule has 2 N–H and O–H groups in total. The highest BCUT2D eigenvalue weighted by molar-refractivity contribution is 5.94. The zero-order valence-corrected chi connectivity index (χ0v) is 14.3. The molecule has 2 unspecified atom stereocenters. The van der Waals surface area contributed by atoms with Gasteiger partial charge < -0.3 is 15.3 Å². The third kappa shape index (κ3) is 4.57. The third-order valence-electron chi connectivity index (χ3n) is 5.13. The fourth-order valence-electron chi connectivity index (χ4n) is 3.51. The predicted octanol–water partition coefficient (Wildman–Crippen LogP) is 1.96. The molecule has 2 atom stereocenters. The highest BCUT2D eigenvalue weighted by atomic mass is 19.1. The molecule has 5 nitrogen and oxygen atoms in total. The number of halogens is 1. The van der Waals surface area contributed by atoms with E-state index in [1.807, 2.05) is 0 Å². The van der Waals surface area contributed by atoms with Gasteiger partial charge in [-0.3, -0.25) is 9.59 Å². The van der Waals surface area contributed by atoms with Crippen LogP contribution in [0.1, 0.15) is 42.5 Å². The van der Waals surface area contributed by atoms with Gasteiger partial charge in [-0.15, -0.1) is 0 Å². The summed E-state index contributed by atoms with van der Waals surface area (Å²) in [6, 6.07) is 5.55. The van der Waals surface area contributed by atoms with Gasteiger partial charge in [-0.05, 0) is 62.3 Å². The van der Waals surface area contributed by atoms with Crippen molar-refractivity contribution in [2.45, 2.75) is 38.1 Å². The number of aliphatic hydroxyl groups excluding tert-OH is 1. The summed E-state index contributed by atoms with van der Waals surface area (Å²) < 4.78 is 13.0. The number of amides is 2. The van der Waals surface area contributed by atoms with E-state index in [-0.39, 0.29) is 36.2 Å². The molecule has 6 heteroatoms. The first-order valence-corrected chi connectivity index (χ1v) is 9.04. The van der Waals surface area contributed by atoms with Crippen molar-refractivity contribution in [1.82, 2.24) is 10.2 Å². The summed E-state index contributed by atoms with van der Waals surface area (Å²) in [5.74, 6) is -0.300. The Balaban J connectivity index is 1.59. The molecular formula is C19H25FN2O3. The Morgan fingerprint density at radius 1 is 1.24 bits per heavy atom. The summed E-state index contributed by atoms with van der Waals surface area (Å²) in [5, 5.41) is 12.2. The zero-order chi connectivity index (χ0) is 17.8. The molecule has 136 valence electrons. The van der Waals surface area contributed by atoms with Crippen LogP contribution in [0.25, 0.3) is 0 Å². The summed E-state index contributed by atoms with van der Waals surface area (Å²) >= 11 is 0. The van der Waals surface area contributed by atoms with Gasteiger partial charge >= 0.3 is 0 Å². The van der Waals surface area contributed by atoms with Crippen molar-refractivity contribution in [1.29, 1.82) is 0 Å². The van der Waals surface area contributed by atoms with Gasteiger partial charge in [0.25, 0.3) is 5.91 Å². The quantitative estimate of drug-likeness (QED) is 0.826. The number of aliphatic hydroxyl groups is 1. The molecule has 2 amide bonds. The molecular weight excluding hydrogens is 323 g/mol. The molecule has 1 aromatic carbocycles. The minimum atomic E-state index is -0.373. The molecule has 0 bridgehead atoms. The smallest absolute Gasteiger partial charge is 0.253 e. The number of piperidine rings is 1. The molecule has 25 heavy (non-hydrogen) atoms. The molecule has 1 heterocycles. The first-order valence-electron chi connectivity index (χ1n) is 9.04. The number of carbonyl (C=O) groups is 2. The standard InChI is InChI=1S/C19H25FN2O3/c20-16-7-5-14(6-8-16)19(25)22-10-1-2-15(12-22)18(24)21-17(9-11-23)13-3-4-13/h5-8,13,15,17,23H,1-4,9-12H2,(H,21,24). The van der Waals surface area contributed by atoms with Crippen LogP contribution in [0.4, 0.5) is 4.39 Å². The fourth-order valence-corrected chi connectivity index (χ4v) is 3.51. The van der Waals surface area contributed by atoms with Gasteiger partial charge in [-0.2, -0.15) is 0 Å². The van der Waals surface area contributed by atoms with E-state index in [0.717, 1.165) is 25.7 Å². The zero-order valence-electron chi connectivity index (χ0n) is 14.3. The van der Waals surface area contributed by atoms with E-state index in [1.54, 1.807) is 4.90 Å². The van der Waals surface area contributed by atoms with Gasteiger partial charge in [0.1, 0.15) is 5.82 Å². The monoisotopic (exact) mass is 348 g/mol. The Labute approximate surface area is 147 Å². The maximum absolute atomic E-state index is 13.0. The Morgan fingerprint density at radius 2 is 1.96 bits per heavy atom. The van der Waals surface area contributed by atoms with E-state index in [4.69, 9.17) is 5.11 Å². The van der Waals surface area contributed by atoms with Crippen LogP contribution in [0.3, 0.4) is 0 Å². The van der Waals surface area contributed by atoms with Crippen molar-refractivity contribution in [3.8, 4) is 0 Å². The molecule has 2 fully saturated rings. The van der Waals surface area contributed by atoms with Crippen molar-refractivity contribution < 1.29 is 19.1 Å². The highest BCUT2D eigenvalue weighted by Gasteiger charge is 2.35. The van der Waals surface area contributed by atoms with Crippen LogP contribution in [0.5, 0.6) is 0 Å².